The molecule has 4 heteroatoms. The summed E-state index contributed by atoms with van der Waals surface area (Å²) in [7, 11) is 0. The van der Waals surface area contributed by atoms with Crippen molar-refractivity contribution in [3.63, 3.8) is 0 Å². The molecule has 3 nitrogen and oxygen atoms in total. The van der Waals surface area contributed by atoms with Gasteiger partial charge >= 0.3 is 0 Å². The van der Waals surface area contributed by atoms with Crippen molar-refractivity contribution in [3.05, 3.63) is 36.0 Å². The predicted molar refractivity (Wildman–Crippen MR) is 86.5 cm³/mol. The molecule has 1 heterocycles. The Hall–Kier alpha value is -1.42. The van der Waals surface area contributed by atoms with Gasteiger partial charge in [-0.25, -0.2) is 0 Å². The van der Waals surface area contributed by atoms with Crippen LogP contribution in [-0.2, 0) is 0 Å². The van der Waals surface area contributed by atoms with Crippen LogP contribution in [0.5, 0.6) is 0 Å². The molecule has 0 atom stereocenters. The number of amides is 1. The molecular formula is C16H22N2OS. The highest BCUT2D eigenvalue weighted by Gasteiger charge is 2.19. The van der Waals surface area contributed by atoms with Crippen molar-refractivity contribution in [2.75, 3.05) is 23.7 Å². The van der Waals surface area contributed by atoms with Crippen LogP contribution in [0.4, 0.5) is 5.69 Å². The largest absolute Gasteiger partial charge is 0.352 e. The zero-order valence-electron chi connectivity index (χ0n) is 12.4. The Morgan fingerprint density at radius 3 is 2.90 bits per heavy atom. The van der Waals surface area contributed by atoms with E-state index in [1.807, 2.05) is 36.9 Å². The quantitative estimate of drug-likeness (QED) is 0.921. The molecule has 108 valence electrons. The maximum Gasteiger partial charge on any atom is 0.251 e. The van der Waals surface area contributed by atoms with Crippen molar-refractivity contribution in [2.24, 2.45) is 5.92 Å². The molecule has 1 aliphatic heterocycles. The third-order valence-corrected chi connectivity index (χ3v) is 4.26. The summed E-state index contributed by atoms with van der Waals surface area (Å²) >= 11 is 1.83. The molecule has 0 unspecified atom stereocenters. The number of carbonyl (C=O) groups excluding carboxylic acids is 1. The lowest BCUT2D eigenvalue weighted by Crippen LogP contribution is -2.29. The Balaban J connectivity index is 2.23. The second-order valence-electron chi connectivity index (χ2n) is 5.52. The van der Waals surface area contributed by atoms with Crippen LogP contribution in [0.1, 0.15) is 31.1 Å². The van der Waals surface area contributed by atoms with Crippen LogP contribution in [-0.4, -0.2) is 24.7 Å². The monoisotopic (exact) mass is 290 g/mol. The first-order valence-electron chi connectivity index (χ1n) is 6.97. The van der Waals surface area contributed by atoms with Crippen LogP contribution in [0, 0.1) is 5.92 Å². The van der Waals surface area contributed by atoms with Crippen LogP contribution >= 0.6 is 11.8 Å². The number of benzene rings is 1. The fraction of sp³-hybridized carbons (Fsp3) is 0.438. The van der Waals surface area contributed by atoms with Crippen molar-refractivity contribution in [2.45, 2.75) is 25.7 Å². The molecule has 0 radical (unpaired) electrons. The van der Waals surface area contributed by atoms with Gasteiger partial charge in [0.2, 0.25) is 0 Å². The molecular weight excluding hydrogens is 268 g/mol. The molecule has 20 heavy (non-hydrogen) atoms. The highest BCUT2D eigenvalue weighted by Crippen LogP contribution is 2.36. The third-order valence-electron chi connectivity index (χ3n) is 3.22. The molecule has 1 N–H and O–H groups in total. The Morgan fingerprint density at radius 2 is 2.25 bits per heavy atom. The summed E-state index contributed by atoms with van der Waals surface area (Å²) in [5, 5.41) is 2.96. The van der Waals surface area contributed by atoms with Crippen molar-refractivity contribution in [1.29, 1.82) is 0 Å². The van der Waals surface area contributed by atoms with Gasteiger partial charge in [0, 0.05) is 35.0 Å². The summed E-state index contributed by atoms with van der Waals surface area (Å²) in [4.78, 5) is 15.6. The second kappa shape index (κ2) is 6.35. The van der Waals surface area contributed by atoms with Crippen LogP contribution < -0.4 is 10.2 Å². The third kappa shape index (κ3) is 3.37. The molecule has 0 fully saturated rings. The van der Waals surface area contributed by atoms with Gasteiger partial charge in [0.1, 0.15) is 0 Å². The lowest BCUT2D eigenvalue weighted by atomic mass is 10.1. The summed E-state index contributed by atoms with van der Waals surface area (Å²) in [6, 6.07) is 5.93. The van der Waals surface area contributed by atoms with Gasteiger partial charge in [-0.15, -0.1) is 11.8 Å². The van der Waals surface area contributed by atoms with Crippen LogP contribution in [0.2, 0.25) is 0 Å². The average molecular weight is 290 g/mol. The number of hydrogen-bond donors (Lipinski definition) is 1. The highest BCUT2D eigenvalue weighted by atomic mass is 32.2. The maximum absolute atomic E-state index is 12.2. The molecule has 0 saturated heterocycles. The van der Waals surface area contributed by atoms with E-state index in [0.29, 0.717) is 12.5 Å². The second-order valence-corrected chi connectivity index (χ2v) is 6.66. The van der Waals surface area contributed by atoms with Gasteiger partial charge in [-0.05, 0) is 31.0 Å². The van der Waals surface area contributed by atoms with Crippen molar-refractivity contribution >= 4 is 23.4 Å². The molecule has 1 aromatic carbocycles. The number of fused-ring (bicyclic) bond motifs is 1. The van der Waals surface area contributed by atoms with Gasteiger partial charge in [0.25, 0.3) is 5.91 Å². The smallest absolute Gasteiger partial charge is 0.251 e. The standard InChI is InChI=1S/C16H22N2OS/c1-11(2)10-17-16(19)13-5-6-15-14(9-13)18(12(3)4)7-8-20-15/h5-6,9,11H,3,7-8,10H2,1-2,4H3,(H,17,19). The van der Waals surface area contributed by atoms with Gasteiger partial charge in [0.15, 0.2) is 0 Å². The number of nitrogens with zero attached hydrogens (tertiary/aromatic N) is 1. The summed E-state index contributed by atoms with van der Waals surface area (Å²) in [5.41, 5.74) is 2.84. The van der Waals surface area contributed by atoms with Gasteiger partial charge in [-0.3, -0.25) is 4.79 Å². The fourth-order valence-electron chi connectivity index (χ4n) is 2.15. The molecule has 0 saturated carbocycles. The lowest BCUT2D eigenvalue weighted by molar-refractivity contribution is 0.0949. The van der Waals surface area contributed by atoms with E-state index >= 15 is 0 Å². The zero-order chi connectivity index (χ0) is 14.7. The SMILES string of the molecule is C=C(C)N1CCSc2ccc(C(=O)NCC(C)C)cc21. The molecule has 1 aliphatic rings. The molecule has 0 spiro atoms. The number of anilines is 1. The molecule has 0 bridgehead atoms. The number of nitrogens with one attached hydrogen (secondary N) is 1. The van der Waals surface area contributed by atoms with Crippen LogP contribution in [0.3, 0.4) is 0 Å². The number of hydrogen-bond acceptors (Lipinski definition) is 3. The first-order valence-corrected chi connectivity index (χ1v) is 7.95. The maximum atomic E-state index is 12.2. The van der Waals surface area contributed by atoms with Gasteiger partial charge < -0.3 is 10.2 Å². The van der Waals surface area contributed by atoms with E-state index in [-0.39, 0.29) is 5.91 Å². The minimum atomic E-state index is -0.00117. The van der Waals surface area contributed by atoms with Crippen LogP contribution in [0.25, 0.3) is 0 Å². The van der Waals surface area contributed by atoms with Gasteiger partial charge in [-0.1, -0.05) is 20.4 Å². The summed E-state index contributed by atoms with van der Waals surface area (Å²) < 4.78 is 0. The number of carbonyl (C=O) groups is 1. The first kappa shape index (κ1) is 15.0. The Bertz CT molecular complexity index is 525. The number of allylic oxidation sites excluding steroid dienone is 1. The first-order chi connectivity index (χ1) is 9.49. The minimum absolute atomic E-state index is 0.00117. The molecule has 0 aliphatic carbocycles. The van der Waals surface area contributed by atoms with Gasteiger partial charge in [-0.2, -0.15) is 0 Å². The number of thioether (sulfide) groups is 1. The summed E-state index contributed by atoms with van der Waals surface area (Å²) in [6.07, 6.45) is 0. The Labute approximate surface area is 125 Å². The fourth-order valence-corrected chi connectivity index (χ4v) is 3.13. The topological polar surface area (TPSA) is 32.3 Å². The van der Waals surface area contributed by atoms with E-state index in [1.54, 1.807) is 0 Å². The van der Waals surface area contributed by atoms with Crippen molar-refractivity contribution in [1.82, 2.24) is 5.32 Å². The Morgan fingerprint density at radius 1 is 1.50 bits per heavy atom. The van der Waals surface area contributed by atoms with Crippen LogP contribution in [0.15, 0.2) is 35.4 Å². The molecule has 0 aromatic heterocycles. The van der Waals surface area contributed by atoms with E-state index in [9.17, 15) is 4.79 Å². The summed E-state index contributed by atoms with van der Waals surface area (Å²) in [6.45, 7) is 11.9. The number of rotatable bonds is 4. The van der Waals surface area contributed by atoms with E-state index < -0.39 is 0 Å². The predicted octanol–water partition coefficient (Wildman–Crippen LogP) is 3.52. The molecule has 1 aromatic rings. The average Bonchev–Trinajstić information content (AvgIpc) is 2.43. The van der Waals surface area contributed by atoms with E-state index in [1.165, 1.54) is 4.90 Å². The summed E-state index contributed by atoms with van der Waals surface area (Å²) in [5.74, 6) is 1.51. The molecule has 2 rings (SSSR count). The minimum Gasteiger partial charge on any atom is -0.352 e. The highest BCUT2D eigenvalue weighted by molar-refractivity contribution is 7.99. The Kier molecular flexibility index (Phi) is 4.76. The lowest BCUT2D eigenvalue weighted by Gasteiger charge is -2.31. The van der Waals surface area contributed by atoms with Crippen molar-refractivity contribution < 1.29 is 4.79 Å². The van der Waals surface area contributed by atoms with E-state index in [4.69, 9.17) is 0 Å². The normalized spacial score (nSPS) is 14.1. The molecule has 1 amide bonds. The van der Waals surface area contributed by atoms with Crippen molar-refractivity contribution in [3.8, 4) is 0 Å². The van der Waals surface area contributed by atoms with E-state index in [2.05, 4.69) is 30.6 Å². The van der Waals surface area contributed by atoms with E-state index in [0.717, 1.165) is 29.2 Å². The van der Waals surface area contributed by atoms with Gasteiger partial charge in [0.05, 0.1) is 5.69 Å². The zero-order valence-corrected chi connectivity index (χ0v) is 13.2.